The van der Waals surface area contributed by atoms with E-state index in [1.54, 1.807) is 0 Å². The SMILES string of the molecule is C=CC(=O)O[Si]12OCC[N+](C)(CC(C)O1)CC(C)O2. The van der Waals surface area contributed by atoms with E-state index < -0.39 is 15.0 Å². The molecule has 0 amide bonds. The molecule has 3 heterocycles. The van der Waals surface area contributed by atoms with Gasteiger partial charge in [-0.15, -0.1) is 0 Å². The summed E-state index contributed by atoms with van der Waals surface area (Å²) in [4.78, 5) is 11.5. The van der Waals surface area contributed by atoms with Crippen LogP contribution in [0, 0.1) is 0 Å². The molecule has 3 aliphatic rings. The summed E-state index contributed by atoms with van der Waals surface area (Å²) in [6.45, 7) is 10.3. The molecular formula is C12H22NO5Si+. The van der Waals surface area contributed by atoms with E-state index in [2.05, 4.69) is 13.6 Å². The summed E-state index contributed by atoms with van der Waals surface area (Å²) < 4.78 is 23.5. The zero-order chi connectivity index (χ0) is 14.1. The third kappa shape index (κ3) is 3.43. The Morgan fingerprint density at radius 1 is 1.37 bits per heavy atom. The molecule has 3 rings (SSSR count). The molecule has 108 valence electrons. The zero-order valence-corrected chi connectivity index (χ0v) is 12.8. The van der Waals surface area contributed by atoms with Crippen LogP contribution in [0.4, 0.5) is 0 Å². The summed E-state index contributed by atoms with van der Waals surface area (Å²) in [6.07, 6.45) is 0.939. The minimum absolute atomic E-state index is 0.0814. The molecule has 3 fully saturated rings. The van der Waals surface area contributed by atoms with E-state index in [0.29, 0.717) is 6.61 Å². The summed E-state index contributed by atoms with van der Waals surface area (Å²) in [6, 6.07) is 0. The minimum atomic E-state index is -3.40. The molecule has 0 radical (unpaired) electrons. The maximum absolute atomic E-state index is 11.5. The number of likely N-dealkylation sites (N-methyl/N-ethyl adjacent to an activating group) is 1. The first kappa shape index (κ1) is 14.7. The predicted octanol–water partition coefficient (Wildman–Crippen LogP) is 0.452. The Labute approximate surface area is 115 Å². The molecule has 0 saturated carbocycles. The van der Waals surface area contributed by atoms with Crippen molar-refractivity contribution in [1.29, 1.82) is 0 Å². The second kappa shape index (κ2) is 5.33. The highest BCUT2D eigenvalue weighted by Crippen LogP contribution is 2.26. The van der Waals surface area contributed by atoms with Crippen LogP contribution in [-0.2, 0) is 22.5 Å². The van der Waals surface area contributed by atoms with Gasteiger partial charge in [-0.25, -0.2) is 4.79 Å². The lowest BCUT2D eigenvalue weighted by Crippen LogP contribution is -2.66. The van der Waals surface area contributed by atoms with E-state index in [1.165, 1.54) is 0 Å². The van der Waals surface area contributed by atoms with Crippen molar-refractivity contribution in [3.63, 3.8) is 0 Å². The quantitative estimate of drug-likeness (QED) is 0.419. The molecule has 2 atom stereocenters. The number of quaternary nitrogens is 1. The molecule has 0 aromatic heterocycles. The van der Waals surface area contributed by atoms with Gasteiger partial charge in [-0.05, 0) is 13.8 Å². The van der Waals surface area contributed by atoms with Crippen molar-refractivity contribution in [2.45, 2.75) is 26.1 Å². The van der Waals surface area contributed by atoms with Crippen LogP contribution < -0.4 is 0 Å². The molecule has 2 bridgehead atoms. The van der Waals surface area contributed by atoms with Crippen LogP contribution >= 0.6 is 0 Å². The molecule has 7 heteroatoms. The molecular weight excluding hydrogens is 266 g/mol. The Hall–Kier alpha value is -0.733. The summed E-state index contributed by atoms with van der Waals surface area (Å²) in [5, 5.41) is 0. The first-order chi connectivity index (χ1) is 8.86. The number of fused-ring (bicyclic) bond motifs is 6. The van der Waals surface area contributed by atoms with Gasteiger partial charge in [-0.3, -0.25) is 0 Å². The van der Waals surface area contributed by atoms with Gasteiger partial charge < -0.3 is 22.2 Å². The van der Waals surface area contributed by atoms with Crippen LogP contribution in [0.2, 0.25) is 0 Å². The van der Waals surface area contributed by atoms with Gasteiger partial charge in [0.15, 0.2) is 0 Å². The van der Waals surface area contributed by atoms with E-state index in [9.17, 15) is 4.79 Å². The molecule has 0 aromatic carbocycles. The fourth-order valence-corrected chi connectivity index (χ4v) is 4.95. The maximum Gasteiger partial charge on any atom is 0.753 e. The van der Waals surface area contributed by atoms with Gasteiger partial charge >= 0.3 is 15.0 Å². The van der Waals surface area contributed by atoms with Crippen molar-refractivity contribution < 1.29 is 27.0 Å². The molecule has 2 unspecified atom stereocenters. The van der Waals surface area contributed by atoms with Gasteiger partial charge in [0.2, 0.25) is 0 Å². The Morgan fingerprint density at radius 2 is 1.95 bits per heavy atom. The number of rotatable bonds is 2. The average molecular weight is 288 g/mol. The van der Waals surface area contributed by atoms with E-state index >= 15 is 0 Å². The second-order valence-corrected chi connectivity index (χ2v) is 7.50. The van der Waals surface area contributed by atoms with Crippen molar-refractivity contribution in [3.05, 3.63) is 12.7 Å². The average Bonchev–Trinajstić information content (AvgIpc) is 2.23. The summed E-state index contributed by atoms with van der Waals surface area (Å²) in [7, 11) is -1.24. The zero-order valence-electron chi connectivity index (χ0n) is 11.8. The fourth-order valence-electron chi connectivity index (χ4n) is 2.80. The second-order valence-electron chi connectivity index (χ2n) is 5.54. The van der Waals surface area contributed by atoms with Gasteiger partial charge in [0, 0.05) is 6.08 Å². The first-order valence-corrected chi connectivity index (χ1v) is 8.18. The van der Waals surface area contributed by atoms with E-state index in [0.717, 1.165) is 30.2 Å². The Morgan fingerprint density at radius 3 is 2.47 bits per heavy atom. The monoisotopic (exact) mass is 288 g/mol. The Kier molecular flexibility index (Phi) is 4.12. The van der Waals surface area contributed by atoms with Crippen LogP contribution in [0.3, 0.4) is 0 Å². The van der Waals surface area contributed by atoms with Gasteiger partial charge in [0.25, 0.3) is 0 Å². The third-order valence-electron chi connectivity index (χ3n) is 3.39. The molecule has 6 nitrogen and oxygen atoms in total. The van der Waals surface area contributed by atoms with Crippen molar-refractivity contribution >= 4 is 15.0 Å². The molecule has 0 N–H and O–H groups in total. The van der Waals surface area contributed by atoms with Gasteiger partial charge in [0.1, 0.15) is 19.6 Å². The summed E-state index contributed by atoms with van der Waals surface area (Å²) in [5.41, 5.74) is 0. The van der Waals surface area contributed by atoms with Gasteiger partial charge in [-0.1, -0.05) is 6.58 Å². The van der Waals surface area contributed by atoms with Crippen molar-refractivity contribution in [2.75, 3.05) is 33.3 Å². The molecule has 3 saturated heterocycles. The van der Waals surface area contributed by atoms with E-state index in [-0.39, 0.29) is 12.2 Å². The van der Waals surface area contributed by atoms with Crippen molar-refractivity contribution in [1.82, 2.24) is 0 Å². The molecule has 19 heavy (non-hydrogen) atoms. The maximum atomic E-state index is 11.5. The number of hydrogen-bond donors (Lipinski definition) is 0. The fraction of sp³-hybridized carbons (Fsp3) is 0.750. The number of carbonyl (C=O) groups excluding carboxylic acids is 1. The predicted molar refractivity (Wildman–Crippen MR) is 69.9 cm³/mol. The third-order valence-corrected chi connectivity index (χ3v) is 5.78. The molecule has 0 spiro atoms. The summed E-state index contributed by atoms with van der Waals surface area (Å²) in [5.74, 6) is -0.565. The highest BCUT2D eigenvalue weighted by atomic mass is 28.4. The molecule has 0 aliphatic carbocycles. The van der Waals surface area contributed by atoms with Gasteiger partial charge in [0.05, 0.1) is 25.9 Å². The van der Waals surface area contributed by atoms with E-state index in [4.69, 9.17) is 17.7 Å². The highest BCUT2D eigenvalue weighted by Gasteiger charge is 2.57. The van der Waals surface area contributed by atoms with Crippen molar-refractivity contribution in [2.24, 2.45) is 0 Å². The topological polar surface area (TPSA) is 54.0 Å². The highest BCUT2D eigenvalue weighted by molar-refractivity contribution is 6.56. The Balaban J connectivity index is 2.25. The smallest absolute Gasteiger partial charge is 0.449 e. The number of nitrogens with zero attached hydrogens (tertiary/aromatic N) is 1. The first-order valence-electron chi connectivity index (χ1n) is 6.55. The Bertz CT molecular complexity index is 361. The lowest BCUT2D eigenvalue weighted by molar-refractivity contribution is -0.917. The standard InChI is InChI=1S/C12H22NO5Si/c1-5-12(14)18-19-15-7-6-13(4,8-10(2)16-19)9-11(3)17-19/h5,10-11H,1,6-9H2,2-4H3/q+1. The normalized spacial score (nSPS) is 42.9. The van der Waals surface area contributed by atoms with Crippen LogP contribution in [0.15, 0.2) is 12.7 Å². The summed E-state index contributed by atoms with van der Waals surface area (Å²) >= 11 is 0. The van der Waals surface area contributed by atoms with Crippen LogP contribution in [0.1, 0.15) is 13.8 Å². The number of carbonyl (C=O) groups is 1. The largest absolute Gasteiger partial charge is 0.753 e. The molecule has 3 aliphatic heterocycles. The lowest BCUT2D eigenvalue weighted by Gasteiger charge is -2.45. The van der Waals surface area contributed by atoms with Crippen LogP contribution in [0.25, 0.3) is 0 Å². The van der Waals surface area contributed by atoms with Crippen LogP contribution in [0.5, 0.6) is 0 Å². The van der Waals surface area contributed by atoms with E-state index in [1.807, 2.05) is 13.8 Å². The lowest BCUT2D eigenvalue weighted by atomic mass is 10.2. The minimum Gasteiger partial charge on any atom is -0.449 e. The molecule has 0 aromatic rings. The van der Waals surface area contributed by atoms with Crippen molar-refractivity contribution in [3.8, 4) is 0 Å². The van der Waals surface area contributed by atoms with Gasteiger partial charge in [-0.2, -0.15) is 0 Å². The van der Waals surface area contributed by atoms with Crippen LogP contribution in [-0.4, -0.2) is 65.0 Å². The number of hydrogen-bond acceptors (Lipinski definition) is 5.